The molecule has 0 aromatic rings. The zero-order valence-corrected chi connectivity index (χ0v) is 12.5. The highest BCUT2D eigenvalue weighted by molar-refractivity contribution is 8.17. The van der Waals surface area contributed by atoms with E-state index in [-0.39, 0.29) is 11.9 Å². The van der Waals surface area contributed by atoms with Gasteiger partial charge in [-0.25, -0.2) is 0 Å². The SMILES string of the molecule is C=C(/C=C\C(=C/C)C(=O)NC1=NC(C)C(=C)S1)CC. The number of amidine groups is 1. The number of hydrogen-bond donors (Lipinski definition) is 1. The number of thioether (sulfide) groups is 1. The van der Waals surface area contributed by atoms with Crippen molar-refractivity contribution in [3.63, 3.8) is 0 Å². The Morgan fingerprint density at radius 2 is 2.21 bits per heavy atom. The minimum Gasteiger partial charge on any atom is -0.301 e. The van der Waals surface area contributed by atoms with Crippen molar-refractivity contribution >= 4 is 22.8 Å². The molecule has 0 radical (unpaired) electrons. The highest BCUT2D eigenvalue weighted by Gasteiger charge is 2.20. The van der Waals surface area contributed by atoms with Gasteiger partial charge >= 0.3 is 0 Å². The minimum atomic E-state index is -0.157. The van der Waals surface area contributed by atoms with E-state index in [0.29, 0.717) is 10.7 Å². The molecule has 1 heterocycles. The van der Waals surface area contributed by atoms with E-state index >= 15 is 0 Å². The van der Waals surface area contributed by atoms with Gasteiger partial charge < -0.3 is 5.32 Å². The third-order valence-electron chi connectivity index (χ3n) is 2.75. The van der Waals surface area contributed by atoms with Crippen LogP contribution in [0.5, 0.6) is 0 Å². The highest BCUT2D eigenvalue weighted by Crippen LogP contribution is 2.27. The number of rotatable bonds is 4. The molecular formula is C15H20N2OS. The summed E-state index contributed by atoms with van der Waals surface area (Å²) >= 11 is 1.41. The van der Waals surface area contributed by atoms with Crippen molar-refractivity contribution < 1.29 is 4.79 Å². The highest BCUT2D eigenvalue weighted by atomic mass is 32.2. The van der Waals surface area contributed by atoms with Gasteiger partial charge in [-0.05, 0) is 26.3 Å². The van der Waals surface area contributed by atoms with Crippen LogP contribution in [0.3, 0.4) is 0 Å². The molecule has 1 aliphatic heterocycles. The van der Waals surface area contributed by atoms with Gasteiger partial charge in [0.05, 0.1) is 6.04 Å². The molecule has 0 bridgehead atoms. The maximum atomic E-state index is 12.1. The maximum Gasteiger partial charge on any atom is 0.256 e. The minimum absolute atomic E-state index is 0.0600. The van der Waals surface area contributed by atoms with Crippen molar-refractivity contribution in [3.05, 3.63) is 47.4 Å². The van der Waals surface area contributed by atoms with Gasteiger partial charge in [-0.3, -0.25) is 9.79 Å². The quantitative estimate of drug-likeness (QED) is 0.630. The Balaban J connectivity index is 2.66. The number of carbonyl (C=O) groups excluding carboxylic acids is 1. The van der Waals surface area contributed by atoms with E-state index in [1.807, 2.05) is 26.8 Å². The molecule has 1 aliphatic rings. The summed E-state index contributed by atoms with van der Waals surface area (Å²) in [6, 6.07) is 0.0600. The van der Waals surface area contributed by atoms with Crippen LogP contribution in [0.25, 0.3) is 0 Å². The maximum absolute atomic E-state index is 12.1. The first-order valence-corrected chi connectivity index (χ1v) is 7.07. The molecule has 1 rings (SSSR count). The number of aliphatic imine (C=N–C) groups is 1. The fourth-order valence-corrected chi connectivity index (χ4v) is 2.17. The third kappa shape index (κ3) is 4.56. The Kier molecular flexibility index (Phi) is 5.83. The third-order valence-corrected chi connectivity index (χ3v) is 3.76. The van der Waals surface area contributed by atoms with Crippen LogP contribution in [-0.4, -0.2) is 17.1 Å². The Morgan fingerprint density at radius 3 is 2.68 bits per heavy atom. The van der Waals surface area contributed by atoms with E-state index < -0.39 is 0 Å². The molecule has 0 aromatic carbocycles. The van der Waals surface area contributed by atoms with Crippen molar-refractivity contribution in [2.24, 2.45) is 4.99 Å². The Morgan fingerprint density at radius 1 is 1.53 bits per heavy atom. The summed E-state index contributed by atoms with van der Waals surface area (Å²) in [5.74, 6) is -0.157. The molecule has 1 atom stereocenters. The average molecular weight is 276 g/mol. The summed E-state index contributed by atoms with van der Waals surface area (Å²) in [5.41, 5.74) is 1.59. The van der Waals surface area contributed by atoms with Crippen molar-refractivity contribution in [2.75, 3.05) is 0 Å². The van der Waals surface area contributed by atoms with E-state index in [4.69, 9.17) is 0 Å². The van der Waals surface area contributed by atoms with E-state index in [1.54, 1.807) is 12.2 Å². The van der Waals surface area contributed by atoms with Crippen LogP contribution in [0.4, 0.5) is 0 Å². The molecule has 0 aromatic heterocycles. The van der Waals surface area contributed by atoms with Crippen LogP contribution < -0.4 is 5.32 Å². The van der Waals surface area contributed by atoms with Crippen molar-refractivity contribution in [2.45, 2.75) is 33.2 Å². The summed E-state index contributed by atoms with van der Waals surface area (Å²) in [4.78, 5) is 17.3. The van der Waals surface area contributed by atoms with E-state index in [9.17, 15) is 4.79 Å². The molecule has 0 saturated heterocycles. The van der Waals surface area contributed by atoms with E-state index in [0.717, 1.165) is 16.9 Å². The lowest BCUT2D eigenvalue weighted by molar-refractivity contribution is -0.115. The number of amides is 1. The molecule has 0 fully saturated rings. The Labute approximate surface area is 119 Å². The lowest BCUT2D eigenvalue weighted by Gasteiger charge is -2.04. The van der Waals surface area contributed by atoms with Gasteiger partial charge in [-0.2, -0.15) is 0 Å². The molecule has 3 nitrogen and oxygen atoms in total. The number of allylic oxidation sites excluding steroid dienone is 3. The van der Waals surface area contributed by atoms with Gasteiger partial charge in [0.1, 0.15) is 0 Å². The fraction of sp³-hybridized carbons (Fsp3) is 0.333. The predicted molar refractivity (Wildman–Crippen MR) is 84.1 cm³/mol. The average Bonchev–Trinajstić information content (AvgIpc) is 2.68. The van der Waals surface area contributed by atoms with E-state index in [2.05, 4.69) is 23.5 Å². The van der Waals surface area contributed by atoms with Gasteiger partial charge in [0.15, 0.2) is 5.17 Å². The molecule has 4 heteroatoms. The molecule has 0 spiro atoms. The first kappa shape index (κ1) is 15.5. The standard InChI is InChI=1S/C15H20N2OS/c1-6-10(3)8-9-13(7-2)14(18)17-15-16-11(4)12(5)19-15/h7-9,11H,3,5-6H2,1-2,4H3,(H,16,17,18)/b9-8-,13-7+. The molecule has 0 saturated carbocycles. The first-order chi connectivity index (χ1) is 8.97. The van der Waals surface area contributed by atoms with Gasteiger partial charge in [-0.15, -0.1) is 0 Å². The second-order valence-corrected chi connectivity index (χ2v) is 5.34. The lowest BCUT2D eigenvalue weighted by atomic mass is 10.1. The van der Waals surface area contributed by atoms with Gasteiger partial charge in [0.2, 0.25) is 0 Å². The van der Waals surface area contributed by atoms with E-state index in [1.165, 1.54) is 11.8 Å². The molecular weight excluding hydrogens is 256 g/mol. The zero-order valence-electron chi connectivity index (χ0n) is 11.7. The van der Waals surface area contributed by atoms with Gasteiger partial charge in [0.25, 0.3) is 5.91 Å². The monoisotopic (exact) mass is 276 g/mol. The molecule has 1 N–H and O–H groups in total. The number of hydrogen-bond acceptors (Lipinski definition) is 3. The van der Waals surface area contributed by atoms with Crippen molar-refractivity contribution in [1.82, 2.24) is 5.32 Å². The molecule has 1 unspecified atom stereocenters. The zero-order chi connectivity index (χ0) is 14.4. The second kappa shape index (κ2) is 7.14. The molecule has 102 valence electrons. The van der Waals surface area contributed by atoms with Gasteiger partial charge in [-0.1, -0.05) is 49.6 Å². The van der Waals surface area contributed by atoms with Crippen LogP contribution >= 0.6 is 11.8 Å². The van der Waals surface area contributed by atoms with Gasteiger partial charge in [0, 0.05) is 10.5 Å². The lowest BCUT2D eigenvalue weighted by Crippen LogP contribution is -2.28. The van der Waals surface area contributed by atoms with Crippen LogP contribution in [-0.2, 0) is 4.79 Å². The van der Waals surface area contributed by atoms with Crippen molar-refractivity contribution in [3.8, 4) is 0 Å². The molecule has 0 aliphatic carbocycles. The Bertz CT molecular complexity index is 486. The number of carbonyl (C=O) groups is 1. The molecule has 19 heavy (non-hydrogen) atoms. The Hall–Kier alpha value is -1.55. The second-order valence-electron chi connectivity index (χ2n) is 4.22. The summed E-state index contributed by atoms with van der Waals surface area (Å²) in [5, 5.41) is 3.41. The largest absolute Gasteiger partial charge is 0.301 e. The first-order valence-electron chi connectivity index (χ1n) is 6.25. The summed E-state index contributed by atoms with van der Waals surface area (Å²) in [6.45, 7) is 13.6. The summed E-state index contributed by atoms with van der Waals surface area (Å²) in [7, 11) is 0. The van der Waals surface area contributed by atoms with Crippen LogP contribution in [0.15, 0.2) is 52.4 Å². The molecule has 1 amide bonds. The summed E-state index contributed by atoms with van der Waals surface area (Å²) in [6.07, 6.45) is 6.28. The van der Waals surface area contributed by atoms with Crippen LogP contribution in [0, 0.1) is 0 Å². The van der Waals surface area contributed by atoms with Crippen LogP contribution in [0.2, 0.25) is 0 Å². The summed E-state index contributed by atoms with van der Waals surface area (Å²) < 4.78 is 0. The number of nitrogens with one attached hydrogen (secondary N) is 1. The van der Waals surface area contributed by atoms with Crippen LogP contribution in [0.1, 0.15) is 27.2 Å². The fourth-order valence-electron chi connectivity index (χ4n) is 1.34. The smallest absolute Gasteiger partial charge is 0.256 e. The predicted octanol–water partition coefficient (Wildman–Crippen LogP) is 3.58. The number of nitrogens with zero attached hydrogens (tertiary/aromatic N) is 1. The van der Waals surface area contributed by atoms with Crippen molar-refractivity contribution in [1.29, 1.82) is 0 Å². The topological polar surface area (TPSA) is 41.5 Å². The normalized spacial score (nSPS) is 19.7.